The highest BCUT2D eigenvalue weighted by Crippen LogP contribution is 2.67. The fraction of sp³-hybridized carbons (Fsp3) is 0.864. The van der Waals surface area contributed by atoms with E-state index in [2.05, 4.69) is 60.8 Å². The van der Waals surface area contributed by atoms with Gasteiger partial charge < -0.3 is 37.3 Å². The van der Waals surface area contributed by atoms with E-state index < -0.39 is 7.75 Å². The van der Waals surface area contributed by atoms with Crippen molar-refractivity contribution in [1.82, 2.24) is 9.99 Å². The van der Waals surface area contributed by atoms with E-state index in [0.717, 1.165) is 67.6 Å². The zero-order valence-corrected chi connectivity index (χ0v) is 38.4. The molecule has 0 aromatic carbocycles. The lowest BCUT2D eigenvalue weighted by atomic mass is 9.47. The highest BCUT2D eigenvalue weighted by Gasteiger charge is 2.59. The lowest BCUT2D eigenvalue weighted by molar-refractivity contribution is -0.0592. The predicted octanol–water partition coefficient (Wildman–Crippen LogP) is 6.75. The number of rotatable bonds is 23. The van der Waals surface area contributed by atoms with Gasteiger partial charge in [0.15, 0.2) is 11.9 Å². The average Bonchev–Trinajstić information content (AvgIpc) is 3.82. The van der Waals surface area contributed by atoms with Gasteiger partial charge in [-0.3, -0.25) is 24.0 Å². The molecule has 1 amide bonds. The van der Waals surface area contributed by atoms with Gasteiger partial charge in [0.2, 0.25) is 0 Å². The van der Waals surface area contributed by atoms with Crippen molar-refractivity contribution in [3.05, 3.63) is 11.6 Å². The summed E-state index contributed by atoms with van der Waals surface area (Å²) in [6.07, 6.45) is 20.4. The van der Waals surface area contributed by atoms with Crippen LogP contribution in [-0.4, -0.2) is 100 Å². The number of fused-ring (bicyclic) bond motifs is 5. The van der Waals surface area contributed by atoms with Gasteiger partial charge in [0.25, 0.3) is 0 Å². The van der Waals surface area contributed by atoms with E-state index in [1.165, 1.54) is 51.4 Å². The van der Waals surface area contributed by atoms with E-state index in [1.54, 1.807) is 5.57 Å². The Bertz CT molecular complexity index is 1530. The summed E-state index contributed by atoms with van der Waals surface area (Å²) in [6, 6.07) is -0.0666. The van der Waals surface area contributed by atoms with Crippen LogP contribution >= 0.6 is 7.75 Å². The fourth-order valence-corrected chi connectivity index (χ4v) is 13.1. The van der Waals surface area contributed by atoms with Gasteiger partial charge in [-0.1, -0.05) is 65.5 Å². The molecule has 0 spiro atoms. The number of nitrogens with zero attached hydrogens (tertiary/aromatic N) is 4. The van der Waals surface area contributed by atoms with Crippen LogP contribution in [0.3, 0.4) is 0 Å². The van der Waals surface area contributed by atoms with Crippen molar-refractivity contribution in [2.75, 3.05) is 59.2 Å². The lowest BCUT2D eigenvalue weighted by Gasteiger charge is -2.58. The van der Waals surface area contributed by atoms with E-state index in [-0.39, 0.29) is 61.9 Å². The molecule has 1 saturated heterocycles. The molecule has 4 aliphatic carbocycles. The van der Waals surface area contributed by atoms with E-state index in [4.69, 9.17) is 41.5 Å². The SMILES string of the molecule is CC(C)CCCC(C)C1CCC2C3CC=C4CC(OC(=O)N5CCCC5C=NCCOCCCNP(=O)(OCCN=C(N)N)OCCN=C(N)N)CCC4(C)C3CCC12C. The van der Waals surface area contributed by atoms with Crippen molar-refractivity contribution >= 4 is 32.0 Å². The number of ether oxygens (including phenoxy) is 2. The summed E-state index contributed by atoms with van der Waals surface area (Å²) in [5.41, 5.74) is 23.7. The second kappa shape index (κ2) is 22.6. The first-order valence-corrected chi connectivity index (χ1v) is 24.7. The summed E-state index contributed by atoms with van der Waals surface area (Å²) in [5.74, 6) is 4.73. The van der Waals surface area contributed by atoms with Crippen LogP contribution in [0.2, 0.25) is 0 Å². The summed E-state index contributed by atoms with van der Waals surface area (Å²) < 4.78 is 36.0. The Morgan fingerprint density at radius 3 is 2.35 bits per heavy atom. The lowest BCUT2D eigenvalue weighted by Crippen LogP contribution is -2.51. The summed E-state index contributed by atoms with van der Waals surface area (Å²) >= 11 is 0. The van der Waals surface area contributed by atoms with Gasteiger partial charge in [-0.05, 0) is 111 Å². The average molecular weight is 862 g/mol. The number of guanidine groups is 2. The number of nitrogens with one attached hydrogen (secondary N) is 1. The first-order valence-electron chi connectivity index (χ1n) is 23.1. The topological polar surface area (TPSA) is 227 Å². The molecule has 1 aliphatic heterocycles. The van der Waals surface area contributed by atoms with Gasteiger partial charge in [0.1, 0.15) is 6.10 Å². The monoisotopic (exact) mass is 862 g/mol. The largest absolute Gasteiger partial charge is 0.446 e. The zero-order valence-electron chi connectivity index (χ0n) is 37.5. The molecule has 0 radical (unpaired) electrons. The number of carbonyl (C=O) groups is 1. The molecule has 60 heavy (non-hydrogen) atoms. The van der Waals surface area contributed by atoms with Crippen LogP contribution in [0.4, 0.5) is 4.79 Å². The van der Waals surface area contributed by atoms with Crippen molar-refractivity contribution < 1.29 is 27.9 Å². The van der Waals surface area contributed by atoms with Crippen LogP contribution in [0, 0.1) is 46.3 Å². The van der Waals surface area contributed by atoms with Crippen molar-refractivity contribution in [3.8, 4) is 0 Å². The summed E-state index contributed by atoms with van der Waals surface area (Å²) in [4.78, 5) is 27.7. The Kier molecular flexibility index (Phi) is 18.2. The molecule has 4 fully saturated rings. The third-order valence-electron chi connectivity index (χ3n) is 14.8. The van der Waals surface area contributed by atoms with Crippen LogP contribution in [0.1, 0.15) is 125 Å². The standard InChI is InChI=1S/C44H80N9O6P/c1-31(2)9-6-10-32(3)37-14-15-38-36-13-12-33-29-35(16-18-43(33,4)39(36)17-19-44(37,38)5)59-42(54)53-24-7-11-34(53)30-49-21-26-56-25-8-20-52-60(55,57-27-22-50-40(45)46)58-28-23-51-41(47)48/h12,30-32,34-39H,6-11,13-29H2,1-5H3,(H,52,55)(H4,45,46,50)(H4,47,48,51). The molecule has 5 aliphatic rings. The third kappa shape index (κ3) is 12.9. The maximum atomic E-state index is 13.6. The summed E-state index contributed by atoms with van der Waals surface area (Å²) in [7, 11) is -3.65. The normalized spacial score (nSPS) is 30.7. The maximum Gasteiger partial charge on any atom is 0.410 e. The number of aliphatic imine (C=N–C) groups is 3. The molecule has 5 rings (SSSR count). The Morgan fingerprint density at radius 2 is 1.65 bits per heavy atom. The van der Waals surface area contributed by atoms with Gasteiger partial charge in [-0.25, -0.2) is 14.4 Å². The first-order chi connectivity index (χ1) is 28.6. The molecule has 0 aromatic rings. The predicted molar refractivity (Wildman–Crippen MR) is 241 cm³/mol. The van der Waals surface area contributed by atoms with Gasteiger partial charge >= 0.3 is 13.8 Å². The van der Waals surface area contributed by atoms with Crippen molar-refractivity contribution in [2.24, 2.45) is 84.2 Å². The number of hydrogen-bond donors (Lipinski definition) is 5. The number of hydrogen-bond acceptors (Lipinski definition) is 9. The van der Waals surface area contributed by atoms with Crippen LogP contribution in [0.5, 0.6) is 0 Å². The van der Waals surface area contributed by atoms with Gasteiger partial charge in [0.05, 0.1) is 45.5 Å². The van der Waals surface area contributed by atoms with Crippen LogP contribution in [0.25, 0.3) is 0 Å². The molecule has 16 heteroatoms. The molecule has 3 saturated carbocycles. The molecule has 9 atom stereocenters. The minimum atomic E-state index is -3.65. The van der Waals surface area contributed by atoms with Crippen LogP contribution in [0.15, 0.2) is 26.6 Å². The number of amides is 1. The number of carbonyl (C=O) groups excluding carboxylic acids is 1. The first kappa shape index (κ1) is 48.3. The number of allylic oxidation sites excluding steroid dienone is 1. The van der Waals surface area contributed by atoms with E-state index in [1.807, 2.05) is 11.1 Å². The highest BCUT2D eigenvalue weighted by atomic mass is 31.2. The van der Waals surface area contributed by atoms with Crippen molar-refractivity contribution in [3.63, 3.8) is 0 Å². The minimum absolute atomic E-state index is 0.00684. The quantitative estimate of drug-likeness (QED) is 0.0237. The molecule has 9 unspecified atom stereocenters. The smallest absolute Gasteiger partial charge is 0.410 e. The van der Waals surface area contributed by atoms with E-state index in [9.17, 15) is 9.36 Å². The Balaban J connectivity index is 1.01. The Hall–Kier alpha value is -2.71. The van der Waals surface area contributed by atoms with Gasteiger partial charge in [-0.15, -0.1) is 0 Å². The van der Waals surface area contributed by atoms with Crippen molar-refractivity contribution in [1.29, 1.82) is 0 Å². The molecule has 1 heterocycles. The zero-order chi connectivity index (χ0) is 43.3. The van der Waals surface area contributed by atoms with Crippen LogP contribution < -0.4 is 28.0 Å². The highest BCUT2D eigenvalue weighted by molar-refractivity contribution is 7.51. The minimum Gasteiger partial charge on any atom is -0.446 e. The van der Waals surface area contributed by atoms with Gasteiger partial charge in [0, 0.05) is 32.3 Å². The summed E-state index contributed by atoms with van der Waals surface area (Å²) in [6.45, 7) is 15.1. The second-order valence-corrected chi connectivity index (χ2v) is 21.0. The third-order valence-corrected chi connectivity index (χ3v) is 16.4. The molecule has 9 N–H and O–H groups in total. The van der Waals surface area contributed by atoms with E-state index >= 15 is 0 Å². The fourth-order valence-electron chi connectivity index (χ4n) is 11.7. The molecule has 15 nitrogen and oxygen atoms in total. The van der Waals surface area contributed by atoms with Crippen molar-refractivity contribution in [2.45, 2.75) is 137 Å². The van der Waals surface area contributed by atoms with Crippen LogP contribution in [-0.2, 0) is 23.1 Å². The Labute approximate surface area is 360 Å². The maximum absolute atomic E-state index is 13.6. The second-order valence-electron chi connectivity index (χ2n) is 19.1. The molecule has 0 aromatic heterocycles. The molecule has 342 valence electrons. The van der Waals surface area contributed by atoms with E-state index in [0.29, 0.717) is 44.7 Å². The van der Waals surface area contributed by atoms with Gasteiger partial charge in [-0.2, -0.15) is 0 Å². The molecular weight excluding hydrogens is 782 g/mol. The summed E-state index contributed by atoms with van der Waals surface area (Å²) in [5, 5.41) is 2.83. The number of nitrogens with two attached hydrogens (primary N) is 4. The Morgan fingerprint density at radius 1 is 0.917 bits per heavy atom. The molecule has 0 bridgehead atoms. The molecular formula is C44H80N9O6P. The number of likely N-dealkylation sites (tertiary alicyclic amines) is 1.